The minimum absolute atomic E-state index is 0.0875. The van der Waals surface area contributed by atoms with Crippen LogP contribution in [0.3, 0.4) is 0 Å². The van der Waals surface area contributed by atoms with E-state index in [4.69, 9.17) is 58.0 Å². The molecule has 0 unspecified atom stereocenters. The number of aromatic carboxylic acids is 3. The summed E-state index contributed by atoms with van der Waals surface area (Å²) in [4.78, 5) is 32.4. The lowest BCUT2D eigenvalue weighted by atomic mass is 10.2. The first-order chi connectivity index (χ1) is 22.8. The summed E-state index contributed by atoms with van der Waals surface area (Å²) in [7, 11) is 13.0. The van der Waals surface area contributed by atoms with Gasteiger partial charge in [-0.3, -0.25) is 0 Å². The van der Waals surface area contributed by atoms with Gasteiger partial charge >= 0.3 is 17.9 Å². The van der Waals surface area contributed by atoms with Crippen LogP contribution in [0.2, 0.25) is 0 Å². The number of benzene rings is 3. The van der Waals surface area contributed by atoms with Crippen LogP contribution < -0.4 is 42.6 Å². The van der Waals surface area contributed by atoms with E-state index in [9.17, 15) is 14.4 Å². The molecule has 48 heavy (non-hydrogen) atoms. The van der Waals surface area contributed by atoms with E-state index in [0.717, 1.165) is 0 Å². The van der Waals surface area contributed by atoms with Gasteiger partial charge in [-0.2, -0.15) is 0 Å². The van der Waals surface area contributed by atoms with E-state index in [2.05, 4.69) is 13.8 Å². The molecule has 0 fully saturated rings. The molecule has 0 bridgehead atoms. The van der Waals surface area contributed by atoms with Gasteiger partial charge in [0.2, 0.25) is 17.2 Å². The number of carboxylic acids is 3. The Balaban J connectivity index is 0.000000662. The first kappa shape index (κ1) is 42.3. The molecule has 15 nitrogen and oxygen atoms in total. The molecular formula is C33H44O15. The Hall–Kier alpha value is -5.73. The molecule has 0 spiro atoms. The van der Waals surface area contributed by atoms with Crippen molar-refractivity contribution in [3.63, 3.8) is 0 Å². The SMILES string of the molecule is CCC.COc1cc(C(=O)O)cc(OC)c1OC.COc1cc(C(=O)O)cc(OC)c1OC.COc1cc(C(=O)O)cc(OC)c1OC. The molecule has 3 aromatic rings. The van der Waals surface area contributed by atoms with E-state index in [1.165, 1.54) is 107 Å². The maximum absolute atomic E-state index is 10.8. The highest BCUT2D eigenvalue weighted by molar-refractivity contribution is 5.90. The van der Waals surface area contributed by atoms with E-state index in [0.29, 0.717) is 51.7 Å². The quantitative estimate of drug-likeness (QED) is 0.212. The molecular weight excluding hydrogens is 636 g/mol. The highest BCUT2D eigenvalue weighted by atomic mass is 16.5. The normalized spacial score (nSPS) is 9.31. The van der Waals surface area contributed by atoms with Crippen molar-refractivity contribution in [3.8, 4) is 51.7 Å². The summed E-state index contributed by atoms with van der Waals surface area (Å²) in [5.74, 6) is -0.0340. The first-order valence-corrected chi connectivity index (χ1v) is 13.9. The number of carboxylic acid groups (broad SMARTS) is 3. The molecule has 0 atom stereocenters. The third kappa shape index (κ3) is 11.9. The fourth-order valence-corrected chi connectivity index (χ4v) is 3.61. The molecule has 0 radical (unpaired) electrons. The molecule has 0 saturated heterocycles. The summed E-state index contributed by atoms with van der Waals surface area (Å²) in [5, 5.41) is 26.5. The zero-order valence-corrected chi connectivity index (χ0v) is 28.9. The van der Waals surface area contributed by atoms with Gasteiger partial charge in [0.05, 0.1) is 80.7 Å². The zero-order chi connectivity index (χ0) is 37.0. The molecule has 0 heterocycles. The number of rotatable bonds is 12. The van der Waals surface area contributed by atoms with Gasteiger partial charge in [0.25, 0.3) is 0 Å². The fraction of sp³-hybridized carbons (Fsp3) is 0.364. The molecule has 0 aliphatic heterocycles. The van der Waals surface area contributed by atoms with E-state index in [1.807, 2.05) is 0 Å². The highest BCUT2D eigenvalue weighted by Crippen LogP contribution is 2.40. The third-order valence-corrected chi connectivity index (χ3v) is 5.74. The second kappa shape index (κ2) is 21.9. The Morgan fingerprint density at radius 3 is 0.625 bits per heavy atom. The van der Waals surface area contributed by atoms with Crippen molar-refractivity contribution in [2.75, 3.05) is 64.0 Å². The first-order valence-electron chi connectivity index (χ1n) is 13.9. The molecule has 3 N–H and O–H groups in total. The van der Waals surface area contributed by atoms with Crippen molar-refractivity contribution in [1.82, 2.24) is 0 Å². The standard InChI is InChI=1S/3C10H12O5.C3H8/c3*1-13-7-4-6(10(11)12)5-8(14-2)9(7)15-3;1-3-2/h3*4-5H,1-3H3,(H,11,12);3H2,1-2H3. The molecule has 15 heteroatoms. The topological polar surface area (TPSA) is 195 Å². The monoisotopic (exact) mass is 680 g/mol. The Morgan fingerprint density at radius 1 is 0.396 bits per heavy atom. The van der Waals surface area contributed by atoms with Crippen molar-refractivity contribution >= 4 is 17.9 Å². The molecule has 3 aromatic carbocycles. The second-order valence-corrected chi connectivity index (χ2v) is 8.86. The smallest absolute Gasteiger partial charge is 0.335 e. The predicted molar refractivity (Wildman–Crippen MR) is 175 cm³/mol. The van der Waals surface area contributed by atoms with Crippen LogP contribution in [0.15, 0.2) is 36.4 Å². The Labute approximate surface area is 279 Å². The van der Waals surface area contributed by atoms with Gasteiger partial charge in [0.1, 0.15) is 0 Å². The largest absolute Gasteiger partial charge is 0.493 e. The number of ether oxygens (including phenoxy) is 9. The van der Waals surface area contributed by atoms with Crippen molar-refractivity contribution in [2.24, 2.45) is 0 Å². The van der Waals surface area contributed by atoms with Gasteiger partial charge in [-0.1, -0.05) is 20.3 Å². The number of hydrogen-bond acceptors (Lipinski definition) is 12. The number of carbonyl (C=O) groups is 3. The number of hydrogen-bond donors (Lipinski definition) is 3. The molecule has 0 amide bonds. The van der Waals surface area contributed by atoms with Gasteiger partial charge in [0, 0.05) is 0 Å². The van der Waals surface area contributed by atoms with Gasteiger partial charge in [-0.05, 0) is 36.4 Å². The lowest BCUT2D eigenvalue weighted by molar-refractivity contribution is 0.0685. The summed E-state index contributed by atoms with van der Waals surface area (Å²) >= 11 is 0. The minimum atomic E-state index is -1.05. The van der Waals surface area contributed by atoms with Crippen molar-refractivity contribution in [2.45, 2.75) is 20.3 Å². The van der Waals surface area contributed by atoms with Crippen molar-refractivity contribution in [3.05, 3.63) is 53.1 Å². The summed E-state index contributed by atoms with van der Waals surface area (Å²) in [6.45, 7) is 4.25. The maximum atomic E-state index is 10.8. The van der Waals surface area contributed by atoms with E-state index in [1.54, 1.807) is 0 Å². The van der Waals surface area contributed by atoms with Crippen LogP contribution >= 0.6 is 0 Å². The van der Waals surface area contributed by atoms with Crippen LogP contribution in [-0.4, -0.2) is 97.2 Å². The average molecular weight is 681 g/mol. The Morgan fingerprint density at radius 2 is 0.542 bits per heavy atom. The summed E-state index contributed by atoms with van der Waals surface area (Å²) in [5.41, 5.74) is 0.263. The Bertz CT molecular complexity index is 1230. The van der Waals surface area contributed by atoms with Gasteiger partial charge < -0.3 is 58.0 Å². The van der Waals surface area contributed by atoms with Crippen LogP contribution in [-0.2, 0) is 0 Å². The van der Waals surface area contributed by atoms with Gasteiger partial charge in [0.15, 0.2) is 34.5 Å². The predicted octanol–water partition coefficient (Wildman–Crippen LogP) is 5.65. The third-order valence-electron chi connectivity index (χ3n) is 5.74. The van der Waals surface area contributed by atoms with Gasteiger partial charge in [-0.15, -0.1) is 0 Å². The van der Waals surface area contributed by atoms with E-state index < -0.39 is 17.9 Å². The van der Waals surface area contributed by atoms with Crippen LogP contribution in [0.5, 0.6) is 51.7 Å². The highest BCUT2D eigenvalue weighted by Gasteiger charge is 2.18. The molecule has 0 saturated carbocycles. The molecule has 0 aliphatic rings. The Kier molecular flexibility index (Phi) is 19.3. The summed E-state index contributed by atoms with van der Waals surface area (Å²) < 4.78 is 45.2. The average Bonchev–Trinajstić information content (AvgIpc) is 3.09. The van der Waals surface area contributed by atoms with Crippen LogP contribution in [0.25, 0.3) is 0 Å². The van der Waals surface area contributed by atoms with Crippen LogP contribution in [0.1, 0.15) is 51.3 Å². The molecule has 0 aromatic heterocycles. The summed E-state index contributed by atoms with van der Waals surface area (Å²) in [6.07, 6.45) is 1.25. The lowest BCUT2D eigenvalue weighted by Crippen LogP contribution is -2.01. The van der Waals surface area contributed by atoms with Crippen molar-refractivity contribution in [1.29, 1.82) is 0 Å². The van der Waals surface area contributed by atoms with Gasteiger partial charge in [-0.25, -0.2) is 14.4 Å². The lowest BCUT2D eigenvalue weighted by Gasteiger charge is -2.12. The van der Waals surface area contributed by atoms with Crippen LogP contribution in [0.4, 0.5) is 0 Å². The molecule has 266 valence electrons. The fourth-order valence-electron chi connectivity index (χ4n) is 3.61. The van der Waals surface area contributed by atoms with E-state index >= 15 is 0 Å². The van der Waals surface area contributed by atoms with Crippen molar-refractivity contribution < 1.29 is 72.3 Å². The molecule has 3 rings (SSSR count). The zero-order valence-electron chi connectivity index (χ0n) is 28.9. The minimum Gasteiger partial charge on any atom is -0.493 e. The van der Waals surface area contributed by atoms with E-state index in [-0.39, 0.29) is 16.7 Å². The summed E-state index contributed by atoms with van der Waals surface area (Å²) in [6, 6.07) is 8.27. The molecule has 0 aliphatic carbocycles. The second-order valence-electron chi connectivity index (χ2n) is 8.86. The number of methoxy groups -OCH3 is 9. The maximum Gasteiger partial charge on any atom is 0.335 e. The van der Waals surface area contributed by atoms with Crippen LogP contribution in [0, 0.1) is 0 Å².